The molecule has 0 saturated heterocycles. The predicted octanol–water partition coefficient (Wildman–Crippen LogP) is 0.794. The van der Waals surface area contributed by atoms with Gasteiger partial charge in [0.15, 0.2) is 0 Å². The summed E-state index contributed by atoms with van der Waals surface area (Å²) in [6.45, 7) is 2.03. The van der Waals surface area contributed by atoms with Crippen LogP contribution in [0.15, 0.2) is 24.3 Å². The Hall–Kier alpha value is -1.02. The fourth-order valence-electron chi connectivity index (χ4n) is 1.03. The molecule has 0 aromatic heterocycles. The lowest BCUT2D eigenvalue weighted by Gasteiger charge is -2.03. The smallest absolute Gasteiger partial charge is 0.114 e. The first-order valence-electron chi connectivity index (χ1n) is 3.88. The van der Waals surface area contributed by atoms with Crippen LogP contribution in [0.25, 0.3) is 6.08 Å². The molecule has 0 saturated carbocycles. The first-order chi connectivity index (χ1) is 5.75. The van der Waals surface area contributed by atoms with Crippen molar-refractivity contribution in [1.29, 1.82) is 0 Å². The topological polar surface area (TPSA) is 20.2 Å². The van der Waals surface area contributed by atoms with E-state index in [2.05, 4.69) is 0 Å². The highest BCUT2D eigenvalue weighted by Crippen LogP contribution is 2.05. The minimum absolute atomic E-state index is 0.0637. The van der Waals surface area contributed by atoms with Crippen LogP contribution >= 0.6 is 0 Å². The molecule has 0 bridgehead atoms. The van der Waals surface area contributed by atoms with Crippen LogP contribution in [0.2, 0.25) is 0 Å². The molecule has 0 amide bonds. The molecule has 0 spiro atoms. The highest BCUT2D eigenvalue weighted by atomic mass is 16.2. The standard InChI is InChI=1S/C10H11BO/c1-8-9(5-3-7-12)4-2-6-10(8)11/h2-6,12H,7H2,1H3/b5-3+. The van der Waals surface area contributed by atoms with Gasteiger partial charge in [0.2, 0.25) is 0 Å². The van der Waals surface area contributed by atoms with E-state index in [1.165, 1.54) is 0 Å². The van der Waals surface area contributed by atoms with E-state index in [1.807, 2.05) is 31.2 Å². The van der Waals surface area contributed by atoms with E-state index in [1.54, 1.807) is 6.08 Å². The number of hydrogen-bond donors (Lipinski definition) is 1. The molecule has 1 aromatic rings. The van der Waals surface area contributed by atoms with Crippen LogP contribution in [0.1, 0.15) is 11.1 Å². The third kappa shape index (κ3) is 1.99. The Morgan fingerprint density at radius 1 is 1.50 bits per heavy atom. The Morgan fingerprint density at radius 3 is 2.92 bits per heavy atom. The molecule has 0 atom stereocenters. The van der Waals surface area contributed by atoms with E-state index < -0.39 is 0 Å². The van der Waals surface area contributed by atoms with Crippen molar-refractivity contribution in [3.63, 3.8) is 0 Å². The van der Waals surface area contributed by atoms with Crippen molar-refractivity contribution in [1.82, 2.24) is 0 Å². The monoisotopic (exact) mass is 158 g/mol. The quantitative estimate of drug-likeness (QED) is 0.631. The first kappa shape index (κ1) is 9.08. The second-order valence-electron chi connectivity index (χ2n) is 2.65. The third-order valence-corrected chi connectivity index (χ3v) is 1.82. The van der Waals surface area contributed by atoms with Crippen LogP contribution in [-0.4, -0.2) is 19.6 Å². The summed E-state index contributed by atoms with van der Waals surface area (Å²) in [5.74, 6) is 0. The summed E-state index contributed by atoms with van der Waals surface area (Å²) < 4.78 is 0. The zero-order chi connectivity index (χ0) is 8.97. The van der Waals surface area contributed by atoms with Crippen molar-refractivity contribution in [2.75, 3.05) is 6.61 Å². The van der Waals surface area contributed by atoms with E-state index in [-0.39, 0.29) is 6.61 Å². The van der Waals surface area contributed by atoms with Crippen molar-refractivity contribution in [3.8, 4) is 0 Å². The van der Waals surface area contributed by atoms with Crippen LogP contribution < -0.4 is 5.46 Å². The van der Waals surface area contributed by atoms with Gasteiger partial charge in [-0.25, -0.2) is 0 Å². The van der Waals surface area contributed by atoms with Crippen molar-refractivity contribution in [2.45, 2.75) is 6.92 Å². The van der Waals surface area contributed by atoms with Gasteiger partial charge in [-0.3, -0.25) is 0 Å². The van der Waals surface area contributed by atoms with Gasteiger partial charge in [0.05, 0.1) is 6.61 Å². The van der Waals surface area contributed by atoms with Gasteiger partial charge in [-0.05, 0) is 12.5 Å². The highest BCUT2D eigenvalue weighted by Gasteiger charge is 1.94. The SMILES string of the molecule is [B]c1cccc(/C=C/CO)c1C. The zero-order valence-electron chi connectivity index (χ0n) is 7.12. The fraction of sp³-hybridized carbons (Fsp3) is 0.200. The van der Waals surface area contributed by atoms with Gasteiger partial charge < -0.3 is 5.11 Å². The van der Waals surface area contributed by atoms with Crippen molar-refractivity contribution in [3.05, 3.63) is 35.4 Å². The molecular formula is C10H11BO. The average molecular weight is 158 g/mol. The molecule has 12 heavy (non-hydrogen) atoms. The van der Waals surface area contributed by atoms with Crippen molar-refractivity contribution in [2.24, 2.45) is 0 Å². The first-order valence-corrected chi connectivity index (χ1v) is 3.88. The van der Waals surface area contributed by atoms with E-state index in [0.29, 0.717) is 0 Å². The molecule has 1 rings (SSSR count). The molecule has 1 nitrogen and oxygen atoms in total. The molecule has 0 aliphatic carbocycles. The Kier molecular flexibility index (Phi) is 3.12. The lowest BCUT2D eigenvalue weighted by atomic mass is 9.88. The minimum Gasteiger partial charge on any atom is -0.392 e. The summed E-state index contributed by atoms with van der Waals surface area (Å²) in [4.78, 5) is 0. The van der Waals surface area contributed by atoms with Gasteiger partial charge in [-0.2, -0.15) is 0 Å². The van der Waals surface area contributed by atoms with Crippen LogP contribution in [-0.2, 0) is 0 Å². The Labute approximate surface area is 74.1 Å². The zero-order valence-corrected chi connectivity index (χ0v) is 7.12. The van der Waals surface area contributed by atoms with Crippen LogP contribution in [0.5, 0.6) is 0 Å². The Balaban J connectivity index is 3.00. The maximum absolute atomic E-state index is 8.57. The van der Waals surface area contributed by atoms with Crippen molar-refractivity contribution >= 4 is 19.4 Å². The summed E-state index contributed by atoms with van der Waals surface area (Å²) in [5.41, 5.74) is 2.90. The summed E-state index contributed by atoms with van der Waals surface area (Å²) in [6.07, 6.45) is 3.56. The summed E-state index contributed by atoms with van der Waals surface area (Å²) in [5, 5.41) is 8.57. The molecule has 0 heterocycles. The average Bonchev–Trinajstić information content (AvgIpc) is 2.08. The lowest BCUT2D eigenvalue weighted by molar-refractivity contribution is 0.343. The molecule has 0 aliphatic rings. The molecule has 0 unspecified atom stereocenters. The van der Waals surface area contributed by atoms with E-state index >= 15 is 0 Å². The van der Waals surface area contributed by atoms with E-state index in [9.17, 15) is 0 Å². The van der Waals surface area contributed by atoms with E-state index in [4.69, 9.17) is 13.0 Å². The maximum atomic E-state index is 8.57. The Morgan fingerprint density at radius 2 is 2.25 bits per heavy atom. The van der Waals surface area contributed by atoms with Gasteiger partial charge >= 0.3 is 0 Å². The fourth-order valence-corrected chi connectivity index (χ4v) is 1.03. The van der Waals surface area contributed by atoms with Crippen LogP contribution in [0.3, 0.4) is 0 Å². The van der Waals surface area contributed by atoms with Gasteiger partial charge in [-0.15, -0.1) is 0 Å². The van der Waals surface area contributed by atoms with Gasteiger partial charge in [0, 0.05) is 0 Å². The molecule has 2 radical (unpaired) electrons. The highest BCUT2D eigenvalue weighted by molar-refractivity contribution is 6.33. The lowest BCUT2D eigenvalue weighted by Crippen LogP contribution is -2.07. The second-order valence-corrected chi connectivity index (χ2v) is 2.65. The predicted molar refractivity (Wildman–Crippen MR) is 52.7 cm³/mol. The number of rotatable bonds is 2. The third-order valence-electron chi connectivity index (χ3n) is 1.82. The van der Waals surface area contributed by atoms with Gasteiger partial charge in [-0.1, -0.05) is 41.4 Å². The molecule has 1 N–H and O–H groups in total. The summed E-state index contributed by atoms with van der Waals surface area (Å²) >= 11 is 0. The van der Waals surface area contributed by atoms with Crippen LogP contribution in [0.4, 0.5) is 0 Å². The van der Waals surface area contributed by atoms with Gasteiger partial charge in [0.1, 0.15) is 7.85 Å². The number of benzene rings is 1. The number of aliphatic hydroxyl groups excluding tert-OH is 1. The number of aliphatic hydroxyl groups is 1. The van der Waals surface area contributed by atoms with Gasteiger partial charge in [0.25, 0.3) is 0 Å². The molecule has 60 valence electrons. The largest absolute Gasteiger partial charge is 0.392 e. The maximum Gasteiger partial charge on any atom is 0.114 e. The molecule has 2 heteroatoms. The van der Waals surface area contributed by atoms with Crippen molar-refractivity contribution < 1.29 is 5.11 Å². The number of hydrogen-bond acceptors (Lipinski definition) is 1. The summed E-state index contributed by atoms with van der Waals surface area (Å²) in [7, 11) is 5.70. The Bertz CT molecular complexity index is 292. The minimum atomic E-state index is 0.0637. The summed E-state index contributed by atoms with van der Waals surface area (Å²) in [6, 6.07) is 5.74. The normalized spacial score (nSPS) is 10.8. The molecule has 0 fully saturated rings. The van der Waals surface area contributed by atoms with E-state index in [0.717, 1.165) is 16.6 Å². The molecule has 1 aromatic carbocycles. The van der Waals surface area contributed by atoms with Crippen LogP contribution in [0, 0.1) is 6.92 Å². The second kappa shape index (κ2) is 4.12. The molecular weight excluding hydrogens is 147 g/mol. The molecule has 0 aliphatic heterocycles.